The third kappa shape index (κ3) is 5.50. The van der Waals surface area contributed by atoms with Crippen molar-refractivity contribution in [2.45, 2.75) is 65.2 Å². The molecule has 0 bridgehead atoms. The summed E-state index contributed by atoms with van der Waals surface area (Å²) in [6.07, 6.45) is 8.68. The predicted molar refractivity (Wildman–Crippen MR) is 197 cm³/mol. The molecule has 2 aliphatic carbocycles. The molecule has 0 heterocycles. The van der Waals surface area contributed by atoms with Gasteiger partial charge in [0.1, 0.15) is 0 Å². The molecule has 0 radical (unpaired) electrons. The number of rotatable bonds is 4. The molecule has 0 spiro atoms. The van der Waals surface area contributed by atoms with E-state index < -0.39 is 18.3 Å². The molecule has 0 aliphatic heterocycles. The van der Waals surface area contributed by atoms with Crippen LogP contribution in [0.15, 0.2) is 100 Å². The fourth-order valence-corrected chi connectivity index (χ4v) is 22.8. The molecule has 0 aromatic heterocycles. The molecule has 0 nitrogen and oxygen atoms in total. The second kappa shape index (κ2) is 12.1. The van der Waals surface area contributed by atoms with E-state index in [1.165, 1.54) is 46.5 Å². The molecule has 0 amide bonds. The van der Waals surface area contributed by atoms with E-state index in [4.69, 9.17) is 27.4 Å². The van der Waals surface area contributed by atoms with Crippen LogP contribution in [0.3, 0.4) is 0 Å². The number of halogens is 4. The topological polar surface area (TPSA) is 0 Å². The molecule has 5 heteroatoms. The van der Waals surface area contributed by atoms with Gasteiger partial charge in [-0.1, -0.05) is 0 Å². The first-order valence-corrected chi connectivity index (χ1v) is 22.4. The number of hydrogen-bond acceptors (Lipinski definition) is 0. The van der Waals surface area contributed by atoms with Gasteiger partial charge in [0.05, 0.1) is 0 Å². The molecule has 230 valence electrons. The number of fused-ring (bicyclic) bond motifs is 3. The Labute approximate surface area is 287 Å². The molecule has 4 aromatic carbocycles. The zero-order valence-electron chi connectivity index (χ0n) is 26.4. The molecule has 0 saturated carbocycles. The minimum atomic E-state index is -4.84. The van der Waals surface area contributed by atoms with Crippen LogP contribution in [0, 0.1) is 0 Å². The molecular weight excluding hydrogens is 701 g/mol. The molecule has 0 atom stereocenters. The normalized spacial score (nSPS) is 14.3. The van der Waals surface area contributed by atoms with E-state index in [0.29, 0.717) is 0 Å². The Bertz CT molecular complexity index is 1800. The molecule has 6 rings (SSSR count). The maximum atomic E-state index is 6.53. The summed E-state index contributed by atoms with van der Waals surface area (Å²) in [5.41, 5.74) is 8.34. The standard InChI is InChI=1S/C21H25.2C6H4Cl.C5H5.CH2.2ClH.Zr/c1-20(2,3)16-9-7-14-11-15-8-10-17(21(4,5)6)13-19(15)18(14)12-16;2*7-6-4-2-1-3-5-6;1-2-4-5-3-1;;;;/h7,9-10,12-13H,11H2,1-6H3;2*2-5H;1-3H,4H2;1H2;2*1H;. The van der Waals surface area contributed by atoms with Crippen LogP contribution in [0.2, 0.25) is 10.0 Å². The van der Waals surface area contributed by atoms with Gasteiger partial charge in [-0.05, 0) is 0 Å². The molecule has 0 fully saturated rings. The SMILES string of the molecule is Cl.Cl.[CH2]=[Zr]([C]1=CC=CC1)([c]1ccc(Cl)cc1)([c]1ccc(Cl)cc1)[c]1cc(C(C)(C)C)cc2c1Cc1ccc(C(C)(C)C)cc1-2. The quantitative estimate of drug-likeness (QED) is 0.172. The zero-order chi connectivity index (χ0) is 30.1. The van der Waals surface area contributed by atoms with Crippen molar-refractivity contribution in [3.8, 4) is 11.1 Å². The Balaban J connectivity index is 0.00000221. The van der Waals surface area contributed by atoms with Gasteiger partial charge >= 0.3 is 265 Å². The van der Waals surface area contributed by atoms with Gasteiger partial charge in [-0.25, -0.2) is 0 Å². The third-order valence-electron chi connectivity index (χ3n) is 9.79. The van der Waals surface area contributed by atoms with Crippen molar-refractivity contribution >= 4 is 62.0 Å². The van der Waals surface area contributed by atoms with Gasteiger partial charge in [0.15, 0.2) is 0 Å². The first kappa shape index (κ1) is 35.1. The summed E-state index contributed by atoms with van der Waals surface area (Å²) < 4.78 is 11.1. The van der Waals surface area contributed by atoms with E-state index in [1.54, 1.807) is 0 Å². The van der Waals surface area contributed by atoms with Gasteiger partial charge in [0.25, 0.3) is 0 Å². The number of allylic oxidation sites excluding steroid dienone is 4. The van der Waals surface area contributed by atoms with Crippen LogP contribution in [0.4, 0.5) is 0 Å². The van der Waals surface area contributed by atoms with Crippen molar-refractivity contribution in [1.82, 2.24) is 0 Å². The molecule has 0 unspecified atom stereocenters. The van der Waals surface area contributed by atoms with Gasteiger partial charge in [0.2, 0.25) is 0 Å². The Hall–Kier alpha value is -1.73. The van der Waals surface area contributed by atoms with Gasteiger partial charge in [-0.3, -0.25) is 0 Å². The van der Waals surface area contributed by atoms with Gasteiger partial charge in [0, 0.05) is 0 Å². The number of hydrogen-bond donors (Lipinski definition) is 0. The molecule has 44 heavy (non-hydrogen) atoms. The van der Waals surface area contributed by atoms with E-state index in [-0.39, 0.29) is 35.6 Å². The summed E-state index contributed by atoms with van der Waals surface area (Å²) >= 11 is 8.22. The Kier molecular flexibility index (Phi) is 9.69. The van der Waals surface area contributed by atoms with Crippen molar-refractivity contribution in [2.75, 3.05) is 0 Å². The summed E-state index contributed by atoms with van der Waals surface area (Å²) in [5, 5.41) is 1.49. The van der Waals surface area contributed by atoms with Crippen LogP contribution in [-0.2, 0) is 35.5 Å². The van der Waals surface area contributed by atoms with Crippen LogP contribution >= 0.6 is 48.0 Å². The first-order valence-electron chi connectivity index (χ1n) is 14.9. The van der Waals surface area contributed by atoms with Crippen molar-refractivity contribution < 1.29 is 18.3 Å². The summed E-state index contributed by atoms with van der Waals surface area (Å²) in [6, 6.07) is 29.4. The van der Waals surface area contributed by atoms with Crippen LogP contribution < -0.4 is 9.81 Å². The molecule has 2 aliphatic rings. The van der Waals surface area contributed by atoms with Crippen molar-refractivity contribution in [3.63, 3.8) is 0 Å². The Morgan fingerprint density at radius 2 is 1.18 bits per heavy atom. The third-order valence-corrected chi connectivity index (χ3v) is 26.6. The Morgan fingerprint density at radius 3 is 1.66 bits per heavy atom. The average Bonchev–Trinajstić information content (AvgIpc) is 3.61. The second-order valence-corrected chi connectivity index (χ2v) is 28.2. The van der Waals surface area contributed by atoms with E-state index in [9.17, 15) is 0 Å². The fraction of sp³-hybridized carbons (Fsp3) is 0.256. The van der Waals surface area contributed by atoms with Crippen molar-refractivity contribution in [3.05, 3.63) is 133 Å². The molecule has 4 aromatic rings. The van der Waals surface area contributed by atoms with Crippen LogP contribution in [-0.4, -0.2) is 4.21 Å². The monoisotopic (exact) mass is 740 g/mol. The molecule has 0 N–H and O–H groups in total. The molecular formula is C39H42Cl4Zr. The zero-order valence-corrected chi connectivity index (χ0v) is 32.0. The van der Waals surface area contributed by atoms with Gasteiger partial charge in [-0.2, -0.15) is 0 Å². The molecule has 0 saturated heterocycles. The summed E-state index contributed by atoms with van der Waals surface area (Å²) in [7, 11) is 0. The van der Waals surface area contributed by atoms with Crippen LogP contribution in [0.5, 0.6) is 0 Å². The van der Waals surface area contributed by atoms with Crippen LogP contribution in [0.1, 0.15) is 70.2 Å². The predicted octanol–water partition coefficient (Wildman–Crippen LogP) is 10.2. The number of benzene rings is 4. The fourth-order valence-electron chi connectivity index (χ4n) is 7.18. The first-order chi connectivity index (χ1) is 19.7. The minimum absolute atomic E-state index is 0. The maximum absolute atomic E-state index is 6.53. The summed E-state index contributed by atoms with van der Waals surface area (Å²) in [6.45, 7) is 13.9. The van der Waals surface area contributed by atoms with Crippen molar-refractivity contribution in [1.29, 1.82) is 0 Å². The van der Waals surface area contributed by atoms with Crippen LogP contribution in [0.25, 0.3) is 11.1 Å². The average molecular weight is 744 g/mol. The van der Waals surface area contributed by atoms with E-state index in [1.807, 2.05) is 24.3 Å². The van der Waals surface area contributed by atoms with E-state index in [0.717, 1.165) is 22.9 Å². The van der Waals surface area contributed by atoms with E-state index in [2.05, 4.69) is 114 Å². The summed E-state index contributed by atoms with van der Waals surface area (Å²) in [4.78, 5) is 0. The summed E-state index contributed by atoms with van der Waals surface area (Å²) in [5.74, 6) is 0. The van der Waals surface area contributed by atoms with Gasteiger partial charge in [-0.15, -0.1) is 24.8 Å². The van der Waals surface area contributed by atoms with Gasteiger partial charge < -0.3 is 0 Å². The van der Waals surface area contributed by atoms with Crippen molar-refractivity contribution in [2.24, 2.45) is 0 Å². The second-order valence-electron chi connectivity index (χ2n) is 14.4. The van der Waals surface area contributed by atoms with E-state index >= 15 is 0 Å². The Morgan fingerprint density at radius 1 is 0.659 bits per heavy atom.